The second-order valence-corrected chi connectivity index (χ2v) is 33.8. The lowest BCUT2D eigenvalue weighted by molar-refractivity contribution is -0.350. The van der Waals surface area contributed by atoms with E-state index < -0.39 is 284 Å². The number of phenolic OH excluding ortho intramolecular Hbond substituents is 3. The molecule has 23 atom stereocenters. The van der Waals surface area contributed by atoms with Gasteiger partial charge in [0.1, 0.15) is 125 Å². The van der Waals surface area contributed by atoms with Gasteiger partial charge in [0.15, 0.2) is 30.1 Å². The van der Waals surface area contributed by atoms with Gasteiger partial charge in [-0.05, 0) is 122 Å². The number of carbonyl (C=O) groups excluding carboxylic acids is 7. The Morgan fingerprint density at radius 2 is 1.31 bits per heavy atom. The van der Waals surface area contributed by atoms with Gasteiger partial charge in [-0.3, -0.25) is 33.6 Å². The van der Waals surface area contributed by atoms with Crippen molar-refractivity contribution in [3.8, 4) is 68.4 Å². The molecule has 1 unspecified atom stereocenters. The molecule has 0 radical (unpaired) electrons. The maximum atomic E-state index is 16.4. The van der Waals surface area contributed by atoms with Gasteiger partial charge in [-0.2, -0.15) is 0 Å². The Morgan fingerprint density at radius 1 is 0.680 bits per heavy atom. The molecule has 7 amide bonds. The molecule has 0 saturated carbocycles. The van der Waals surface area contributed by atoms with E-state index in [4.69, 9.17) is 84.2 Å². The van der Waals surface area contributed by atoms with Crippen LogP contribution in [-0.2, 0) is 68.6 Å². The van der Waals surface area contributed by atoms with Gasteiger partial charge in [0.2, 0.25) is 53.4 Å². The van der Waals surface area contributed by atoms with E-state index in [1.165, 1.54) is 44.4 Å². The van der Waals surface area contributed by atoms with Gasteiger partial charge in [-0.1, -0.05) is 79.0 Å². The number of nitrogens with zero attached hydrogens (tertiary/aromatic N) is 1. The fourth-order valence-corrected chi connectivity index (χ4v) is 16.8. The highest BCUT2D eigenvalue weighted by molar-refractivity contribution is 7.09. The molecule has 8 aliphatic rings. The summed E-state index contributed by atoms with van der Waals surface area (Å²) in [5.41, 5.74) is 9.42. The van der Waals surface area contributed by atoms with Gasteiger partial charge in [0.05, 0.1) is 47.0 Å². The number of thiazole rings is 1. The van der Waals surface area contributed by atoms with Crippen molar-refractivity contribution < 1.29 is 138 Å². The number of nitrogens with two attached hydrogens (primary N) is 2. The van der Waals surface area contributed by atoms with E-state index in [1.807, 2.05) is 5.38 Å². The monoisotopic (exact) mass is 1820 g/mol. The Hall–Kier alpha value is -10.3. The number of aliphatic hydroxyl groups excluding tert-OH is 8. The van der Waals surface area contributed by atoms with E-state index in [-0.39, 0.29) is 43.0 Å². The van der Waals surface area contributed by atoms with Crippen LogP contribution >= 0.6 is 46.1 Å². The molecule has 24 N–H and O–H groups in total. The molecule has 125 heavy (non-hydrogen) atoms. The number of phenols is 3. The zero-order valence-electron chi connectivity index (χ0n) is 67.0. The molecule has 39 nitrogen and oxygen atoms in total. The van der Waals surface area contributed by atoms with E-state index in [2.05, 4.69) is 47.5 Å². The van der Waals surface area contributed by atoms with Crippen molar-refractivity contribution in [3.05, 3.63) is 156 Å². The lowest BCUT2D eigenvalue weighted by atomic mass is 9.86. The zero-order valence-corrected chi connectivity index (χ0v) is 70.0. The molecule has 15 rings (SSSR count). The first kappa shape index (κ1) is 92.4. The van der Waals surface area contributed by atoms with Gasteiger partial charge < -0.3 is 153 Å². The molecule has 670 valence electrons. The number of hydrogen-bond donors (Lipinski definition) is 22. The maximum Gasteiger partial charge on any atom is 0.330 e. The summed E-state index contributed by atoms with van der Waals surface area (Å²) in [4.78, 5) is 125. The number of benzene rings is 6. The largest absolute Gasteiger partial charge is 0.508 e. The minimum atomic E-state index is -2.43. The number of aromatic nitrogens is 1. The maximum absolute atomic E-state index is 16.4. The predicted molar refractivity (Wildman–Crippen MR) is 439 cm³/mol. The number of primary amides is 1. The van der Waals surface area contributed by atoms with Crippen LogP contribution in [0.4, 0.5) is 0 Å². The first-order chi connectivity index (χ1) is 59.3. The van der Waals surface area contributed by atoms with Crippen LogP contribution in [0.3, 0.4) is 0 Å². The van der Waals surface area contributed by atoms with Crippen LogP contribution in [0.5, 0.6) is 46.0 Å². The number of hydrogen-bond acceptors (Lipinski definition) is 32. The third kappa shape index (κ3) is 20.3. The van der Waals surface area contributed by atoms with Crippen LogP contribution in [0.15, 0.2) is 109 Å². The number of ether oxygens (including phenoxy) is 8. The van der Waals surface area contributed by atoms with E-state index in [1.54, 1.807) is 38.1 Å². The van der Waals surface area contributed by atoms with Gasteiger partial charge >= 0.3 is 5.97 Å². The van der Waals surface area contributed by atoms with E-state index in [0.717, 1.165) is 72.3 Å². The lowest BCUT2D eigenvalue weighted by Crippen LogP contribution is -2.65. The smallest absolute Gasteiger partial charge is 0.330 e. The van der Waals surface area contributed by atoms with Gasteiger partial charge in [-0.25, -0.2) is 9.78 Å². The first-order valence-corrected chi connectivity index (χ1v) is 41.3. The van der Waals surface area contributed by atoms with Crippen molar-refractivity contribution in [1.82, 2.24) is 47.5 Å². The lowest BCUT2D eigenvalue weighted by Gasteiger charge is -2.46. The second kappa shape index (κ2) is 38.5. The molecule has 8 aliphatic heterocycles. The number of fused-ring (bicyclic) bond motifs is 15. The summed E-state index contributed by atoms with van der Waals surface area (Å²) >= 11 is 21.9. The number of rotatable bonds is 20. The van der Waals surface area contributed by atoms with E-state index in [9.17, 15) is 75.7 Å². The molecule has 43 heteroatoms. The SMILES string of the molecule is CN[C@H](CC(C)C)C(=O)NC1C(=O)N[C@@H](CC(N)=O)C(=O)N[C@H]2C(=O)N[C@H]3C(=O)N[C@H](C(=O)N[C@@H](C(=O)O)c4cc(O)cc(O)c4-c4cc3ccc4O)[C@H](O[C@H]3C[C@](C)(N)[C@@H](O)[C@H](C)O3)c3ccc(c(Cl)c3)Oc3cc2cc(c3O[C@@H]2O[C@H](CO)[C@@H](O[C@@H]3O[C@H](CNCc4nc(-c5ccc(Cl)cc5)cs4)[C@H](O)[C@H](O)[C@H]3O)[C@H](O)[C@H]2O)Oc2ccc(cc2Cl)[C@H]1O. The summed E-state index contributed by atoms with van der Waals surface area (Å²) in [6, 6.07) is 5.96. The minimum absolute atomic E-state index is 0.124. The number of halogens is 3. The van der Waals surface area contributed by atoms with Crippen molar-refractivity contribution in [2.45, 2.75) is 193 Å². The number of likely N-dealkylation sites (N-methyl/N-ethyl adjacent to an activating group) is 1. The molecule has 3 fully saturated rings. The Kier molecular flexibility index (Phi) is 28.5. The molecule has 9 heterocycles. The Balaban J connectivity index is 0.967. The van der Waals surface area contributed by atoms with Crippen LogP contribution in [0, 0.1) is 5.92 Å². The van der Waals surface area contributed by atoms with Crippen LogP contribution < -0.4 is 68.2 Å². The number of nitrogens with one attached hydrogen (secondary N) is 8. The third-order valence-electron chi connectivity index (χ3n) is 22.0. The van der Waals surface area contributed by atoms with Crippen LogP contribution in [0.2, 0.25) is 15.1 Å². The molecule has 1 aromatic heterocycles. The average Bonchev–Trinajstić information content (AvgIpc) is 1.07. The van der Waals surface area contributed by atoms with Crippen LogP contribution in [0.25, 0.3) is 22.4 Å². The second-order valence-electron chi connectivity index (χ2n) is 31.6. The fourth-order valence-electron chi connectivity index (χ4n) is 15.5. The molecule has 7 aromatic rings. The van der Waals surface area contributed by atoms with Gasteiger partial charge in [-0.15, -0.1) is 11.3 Å². The molecule has 6 aromatic carbocycles. The van der Waals surface area contributed by atoms with Crippen molar-refractivity contribution in [3.63, 3.8) is 0 Å². The molecule has 0 spiro atoms. The summed E-state index contributed by atoms with van der Waals surface area (Å²) in [7, 11) is 1.46. The quantitative estimate of drug-likeness (QED) is 0.0514. The molecular weight excluding hydrogens is 1730 g/mol. The molecular formula is C82H92Cl3N11O28S. The summed E-state index contributed by atoms with van der Waals surface area (Å²) in [6.45, 7) is 5.33. The summed E-state index contributed by atoms with van der Waals surface area (Å²) < 4.78 is 51.2. The highest BCUT2D eigenvalue weighted by Gasteiger charge is 2.53. The number of amides is 7. The number of carboxylic acid groups (broad SMARTS) is 1. The number of aliphatic carboxylic acids is 1. The van der Waals surface area contributed by atoms with Gasteiger partial charge in [0.25, 0.3) is 0 Å². The van der Waals surface area contributed by atoms with Crippen LogP contribution in [-0.4, -0.2) is 243 Å². The number of carboxylic acids is 1. The van der Waals surface area contributed by atoms with Crippen molar-refractivity contribution in [2.24, 2.45) is 17.4 Å². The standard InChI is InChI=1S/C82H92Cl3N11O28S/c1-30(2)16-43(88-5)73(109)95-61-63(102)34-9-14-48(41(84)18-34)118-50-20-36-21-51(70(50)123-81-68(107)66(105)71(53(28-97)121-81)124-80-67(106)65(104)64(103)52(120-80)26-89-27-55-90-45(29-125-55)32-6-11-37(83)12-7-32)119-49-15-10-35(19-42(49)85)69(122-56-25-82(4,87)72(108)31(3)117-56)62-78(114)94-60(79(115)116)40-22-38(98)23-47(100)57(40)39-17-33(8-13-46(39)99)58(75(111)96-62)93-76(112)59(36)92-74(110)44(24-54(86)101)91-77(61)113/h6-15,17-23,29-31,43-44,52-53,56,58-69,71-72,80-81,88-89,97-100,102-108H,16,24-28,87H2,1-5H3,(H2,86,101)(H,91,113)(H,92,110)(H,93,112)(H,94,114)(H,95,109)(H,96,111)(H,115,116)/t31-,43+,44-,52+,53+,56-,58+,59+,60+,61?,62-,63+,64-,65-,66+,67+,68+,69+,71+,72-,80-,81-,82-/m0/s1. The summed E-state index contributed by atoms with van der Waals surface area (Å²) in [5.74, 6) is -16.7. The van der Waals surface area contributed by atoms with E-state index >= 15 is 24.0 Å². The number of carbonyl (C=O) groups is 8. The highest BCUT2D eigenvalue weighted by atomic mass is 35.5. The average molecular weight is 1820 g/mol. The number of aliphatic hydroxyl groups is 8. The minimum Gasteiger partial charge on any atom is -0.508 e. The third-order valence-corrected chi connectivity index (χ3v) is 23.7. The molecule has 3 saturated heterocycles. The Morgan fingerprint density at radius 3 is 1.95 bits per heavy atom. The molecule has 0 aliphatic carbocycles. The number of aromatic hydroxyl groups is 3. The first-order valence-electron chi connectivity index (χ1n) is 39.3. The summed E-state index contributed by atoms with van der Waals surface area (Å²) in [5, 5.41) is 162. The fraction of sp³-hybridized carbons (Fsp3) is 0.427. The highest BCUT2D eigenvalue weighted by Crippen LogP contribution is 2.50. The Bertz CT molecular complexity index is 5230. The normalized spacial score (nSPS) is 29.8. The van der Waals surface area contributed by atoms with Crippen molar-refractivity contribution >= 4 is 93.5 Å². The van der Waals surface area contributed by atoms with Crippen molar-refractivity contribution in [1.29, 1.82) is 0 Å². The van der Waals surface area contributed by atoms with Crippen LogP contribution in [0.1, 0.15) is 110 Å². The zero-order chi connectivity index (χ0) is 90.2. The Labute approximate surface area is 730 Å². The topological polar surface area (TPSA) is 614 Å². The van der Waals surface area contributed by atoms with E-state index in [0.29, 0.717) is 15.7 Å². The van der Waals surface area contributed by atoms with Gasteiger partial charge in [0, 0.05) is 63.8 Å². The summed E-state index contributed by atoms with van der Waals surface area (Å²) in [6.07, 6.45) is -29.2. The predicted octanol–water partition coefficient (Wildman–Crippen LogP) is 1.50. The van der Waals surface area contributed by atoms with Crippen molar-refractivity contribution in [2.75, 3.05) is 20.2 Å². The molecule has 11 bridgehead atoms.